The fourth-order valence-electron chi connectivity index (χ4n) is 1.97. The molecule has 0 fully saturated rings. The molecule has 0 aliphatic heterocycles. The number of hydrogen-bond acceptors (Lipinski definition) is 5. The number of carbonyl (C=O) groups is 2. The third kappa shape index (κ3) is 4.60. The van der Waals surface area contributed by atoms with Crippen molar-refractivity contribution in [3.63, 3.8) is 0 Å². The fourth-order valence-corrected chi connectivity index (χ4v) is 4.30. The number of methoxy groups -OCH3 is 1. The molecule has 0 amide bonds. The number of hydrogen-bond donors (Lipinski definition) is 2. The predicted octanol–water partition coefficient (Wildman–Crippen LogP) is 2.56. The summed E-state index contributed by atoms with van der Waals surface area (Å²) in [4.78, 5) is 22.6. The zero-order chi connectivity index (χ0) is 18.7. The average molecular weight is 398 g/mol. The van der Waals surface area contributed by atoms with Crippen LogP contribution >= 0.6 is 23.2 Å². The van der Waals surface area contributed by atoms with Crippen LogP contribution in [0.2, 0.25) is 10.0 Å². The number of carboxylic acid groups (broad SMARTS) is 1. The van der Waals surface area contributed by atoms with E-state index in [1.54, 1.807) is 13.8 Å². The van der Waals surface area contributed by atoms with Crippen molar-refractivity contribution in [2.24, 2.45) is 5.92 Å². The highest BCUT2D eigenvalue weighted by molar-refractivity contribution is 7.89. The lowest BCUT2D eigenvalue weighted by molar-refractivity contribution is -0.140. The van der Waals surface area contributed by atoms with Crippen molar-refractivity contribution in [2.45, 2.75) is 31.2 Å². The van der Waals surface area contributed by atoms with E-state index in [-0.39, 0.29) is 15.6 Å². The van der Waals surface area contributed by atoms with Crippen molar-refractivity contribution in [1.29, 1.82) is 0 Å². The van der Waals surface area contributed by atoms with Crippen LogP contribution in [0.25, 0.3) is 0 Å². The van der Waals surface area contributed by atoms with E-state index < -0.39 is 38.8 Å². The second-order valence-corrected chi connectivity index (χ2v) is 7.57. The molecular weight excluding hydrogens is 381 g/mol. The molecule has 0 saturated heterocycles. The van der Waals surface area contributed by atoms with E-state index in [4.69, 9.17) is 23.2 Å². The molecule has 0 saturated carbocycles. The molecule has 0 aliphatic carbocycles. The molecule has 0 heterocycles. The molecule has 1 rings (SSSR count). The van der Waals surface area contributed by atoms with Gasteiger partial charge in [0.05, 0.1) is 17.7 Å². The Bertz CT molecular complexity index is 750. The summed E-state index contributed by atoms with van der Waals surface area (Å²) >= 11 is 11.7. The standard InChI is InChI=1S/C14H17Cl2NO6S/c1-4-7(2)11(13(18)19)17-24(21,22)12-9(14(20)23-3)5-8(15)6-10(12)16/h5-7,11,17H,4H2,1-3H3,(H,18,19)/t7-,11-/m0/s1. The second-order valence-electron chi connectivity index (χ2n) is 5.08. The minimum absolute atomic E-state index is 0.0380. The summed E-state index contributed by atoms with van der Waals surface area (Å²) in [6.45, 7) is 3.32. The van der Waals surface area contributed by atoms with E-state index in [9.17, 15) is 23.1 Å². The topological polar surface area (TPSA) is 110 Å². The Labute approximate surface area is 149 Å². The summed E-state index contributed by atoms with van der Waals surface area (Å²) in [5.41, 5.74) is -0.379. The molecule has 0 unspecified atom stereocenters. The number of benzene rings is 1. The molecule has 1 aromatic rings. The number of rotatable bonds is 7. The first kappa shape index (κ1) is 20.7. The third-order valence-electron chi connectivity index (χ3n) is 3.44. The van der Waals surface area contributed by atoms with E-state index in [1.165, 1.54) is 0 Å². The monoisotopic (exact) mass is 397 g/mol. The van der Waals surface area contributed by atoms with E-state index >= 15 is 0 Å². The van der Waals surface area contributed by atoms with Crippen LogP contribution in [0.4, 0.5) is 0 Å². The smallest absolute Gasteiger partial charge is 0.339 e. The Morgan fingerprint density at radius 3 is 2.38 bits per heavy atom. The maximum atomic E-state index is 12.6. The number of sulfonamides is 1. The quantitative estimate of drug-likeness (QED) is 0.684. The first-order valence-electron chi connectivity index (χ1n) is 6.87. The first-order chi connectivity index (χ1) is 11.0. The number of esters is 1. The summed E-state index contributed by atoms with van der Waals surface area (Å²) in [5, 5.41) is 8.97. The van der Waals surface area contributed by atoms with E-state index in [0.717, 1.165) is 19.2 Å². The molecule has 1 aromatic carbocycles. The number of aliphatic carboxylic acids is 1. The second kappa shape index (κ2) is 8.15. The maximum absolute atomic E-state index is 12.6. The van der Waals surface area contributed by atoms with Crippen LogP contribution in [0.5, 0.6) is 0 Å². The number of carboxylic acids is 1. The van der Waals surface area contributed by atoms with Crippen molar-refractivity contribution >= 4 is 45.2 Å². The minimum atomic E-state index is -4.42. The number of halogens is 2. The lowest BCUT2D eigenvalue weighted by Gasteiger charge is -2.21. The maximum Gasteiger partial charge on any atom is 0.339 e. The molecule has 0 aromatic heterocycles. The van der Waals surface area contributed by atoms with Gasteiger partial charge in [0.2, 0.25) is 10.0 Å². The van der Waals surface area contributed by atoms with Gasteiger partial charge in [0.25, 0.3) is 0 Å². The largest absolute Gasteiger partial charge is 0.480 e. The van der Waals surface area contributed by atoms with Gasteiger partial charge in [-0.2, -0.15) is 4.72 Å². The summed E-state index contributed by atoms with van der Waals surface area (Å²) in [7, 11) is -3.35. The summed E-state index contributed by atoms with van der Waals surface area (Å²) in [5.74, 6) is -2.78. The van der Waals surface area contributed by atoms with Crippen molar-refractivity contribution in [3.8, 4) is 0 Å². The molecular formula is C14H17Cl2NO6S. The van der Waals surface area contributed by atoms with Crippen LogP contribution in [0.1, 0.15) is 30.6 Å². The number of nitrogens with one attached hydrogen (secondary N) is 1. The molecule has 24 heavy (non-hydrogen) atoms. The molecule has 0 spiro atoms. The van der Waals surface area contributed by atoms with Crippen LogP contribution in [0.15, 0.2) is 17.0 Å². The Kier molecular flexibility index (Phi) is 7.03. The van der Waals surface area contributed by atoms with Gasteiger partial charge in [-0.25, -0.2) is 13.2 Å². The van der Waals surface area contributed by atoms with E-state index in [2.05, 4.69) is 9.46 Å². The average Bonchev–Trinajstić information content (AvgIpc) is 2.49. The molecule has 2 atom stereocenters. The van der Waals surface area contributed by atoms with Gasteiger partial charge in [-0.1, -0.05) is 43.5 Å². The minimum Gasteiger partial charge on any atom is -0.480 e. The van der Waals surface area contributed by atoms with Crippen molar-refractivity contribution in [2.75, 3.05) is 7.11 Å². The highest BCUT2D eigenvalue weighted by atomic mass is 35.5. The Hall–Kier alpha value is -1.35. The lowest BCUT2D eigenvalue weighted by atomic mass is 10.0. The molecule has 10 heteroatoms. The van der Waals surface area contributed by atoms with Crippen LogP contribution in [-0.4, -0.2) is 38.6 Å². The molecule has 134 valence electrons. The predicted molar refractivity (Wildman–Crippen MR) is 89.0 cm³/mol. The SMILES string of the molecule is CC[C@H](C)[C@H](NS(=O)(=O)c1c(Cl)cc(Cl)cc1C(=O)OC)C(=O)O. The normalized spacial score (nSPS) is 14.0. The highest BCUT2D eigenvalue weighted by Gasteiger charge is 2.33. The number of ether oxygens (including phenoxy) is 1. The fraction of sp³-hybridized carbons (Fsp3) is 0.429. The molecule has 0 aliphatic rings. The molecule has 0 bridgehead atoms. The Morgan fingerprint density at radius 1 is 1.33 bits per heavy atom. The Balaban J connectivity index is 3.47. The van der Waals surface area contributed by atoms with Gasteiger partial charge >= 0.3 is 11.9 Å². The van der Waals surface area contributed by atoms with Crippen LogP contribution in [-0.2, 0) is 19.6 Å². The van der Waals surface area contributed by atoms with Gasteiger partial charge in [0.1, 0.15) is 10.9 Å². The van der Waals surface area contributed by atoms with Gasteiger partial charge in [0.15, 0.2) is 0 Å². The van der Waals surface area contributed by atoms with Crippen LogP contribution in [0, 0.1) is 5.92 Å². The van der Waals surface area contributed by atoms with Crippen LogP contribution in [0.3, 0.4) is 0 Å². The molecule has 2 N–H and O–H groups in total. The zero-order valence-corrected chi connectivity index (χ0v) is 15.5. The van der Waals surface area contributed by atoms with Gasteiger partial charge in [-0.3, -0.25) is 4.79 Å². The zero-order valence-electron chi connectivity index (χ0n) is 13.2. The van der Waals surface area contributed by atoms with Gasteiger partial charge < -0.3 is 9.84 Å². The Morgan fingerprint density at radius 2 is 1.92 bits per heavy atom. The summed E-state index contributed by atoms with van der Waals surface area (Å²) in [6, 6.07) is 0.855. The lowest BCUT2D eigenvalue weighted by Crippen LogP contribution is -2.45. The number of carbonyl (C=O) groups excluding carboxylic acids is 1. The summed E-state index contributed by atoms with van der Waals surface area (Å²) < 4.78 is 31.9. The van der Waals surface area contributed by atoms with E-state index in [1.807, 2.05) is 0 Å². The van der Waals surface area contributed by atoms with Gasteiger partial charge in [-0.05, 0) is 18.1 Å². The highest BCUT2D eigenvalue weighted by Crippen LogP contribution is 2.30. The van der Waals surface area contributed by atoms with Crippen molar-refractivity contribution in [1.82, 2.24) is 4.72 Å². The first-order valence-corrected chi connectivity index (χ1v) is 9.11. The summed E-state index contributed by atoms with van der Waals surface area (Å²) in [6.07, 6.45) is 0.428. The van der Waals surface area contributed by atoms with E-state index in [0.29, 0.717) is 6.42 Å². The van der Waals surface area contributed by atoms with Crippen molar-refractivity contribution < 1.29 is 27.9 Å². The van der Waals surface area contributed by atoms with Gasteiger partial charge in [-0.15, -0.1) is 0 Å². The van der Waals surface area contributed by atoms with Gasteiger partial charge in [0, 0.05) is 5.02 Å². The van der Waals surface area contributed by atoms with Crippen LogP contribution < -0.4 is 4.72 Å². The third-order valence-corrected chi connectivity index (χ3v) is 5.61. The molecule has 7 nitrogen and oxygen atoms in total. The molecule has 0 radical (unpaired) electrons. The van der Waals surface area contributed by atoms with Crippen molar-refractivity contribution in [3.05, 3.63) is 27.7 Å².